The Labute approximate surface area is 154 Å². The van der Waals surface area contributed by atoms with Crippen molar-refractivity contribution in [1.29, 1.82) is 0 Å². The lowest BCUT2D eigenvalue weighted by molar-refractivity contribution is -0.197. The molecule has 0 aromatic heterocycles. The lowest BCUT2D eigenvalue weighted by Gasteiger charge is -2.49. The van der Waals surface area contributed by atoms with Crippen LogP contribution in [0.15, 0.2) is 24.3 Å². The molecule has 1 aromatic rings. The number of hydrogen-bond donors (Lipinski definition) is 0. The zero-order valence-electron chi connectivity index (χ0n) is 14.7. The minimum Gasteiger partial charge on any atom is -0.357 e. The molecule has 4 nitrogen and oxygen atoms in total. The minimum absolute atomic E-state index is 0. The summed E-state index contributed by atoms with van der Waals surface area (Å²) in [6.45, 7) is 3.48. The number of hydrogen-bond acceptors (Lipinski definition) is 3. The molecule has 2 spiro atoms. The molecule has 2 aliphatic heterocycles. The third-order valence-electron chi connectivity index (χ3n) is 5.80. The number of benzene rings is 1. The van der Waals surface area contributed by atoms with Crippen LogP contribution >= 0.6 is 12.4 Å². The lowest BCUT2D eigenvalue weighted by Crippen LogP contribution is -2.62. The van der Waals surface area contributed by atoms with Crippen molar-refractivity contribution < 1.29 is 13.9 Å². The van der Waals surface area contributed by atoms with E-state index in [0.717, 1.165) is 57.3 Å². The van der Waals surface area contributed by atoms with Gasteiger partial charge in [-0.05, 0) is 43.7 Å². The molecule has 4 rings (SSSR count). The van der Waals surface area contributed by atoms with Gasteiger partial charge < -0.3 is 14.5 Å². The summed E-state index contributed by atoms with van der Waals surface area (Å²) >= 11 is 0. The van der Waals surface area contributed by atoms with Crippen LogP contribution in [0.3, 0.4) is 0 Å². The van der Waals surface area contributed by atoms with Gasteiger partial charge in [-0.1, -0.05) is 18.2 Å². The Morgan fingerprint density at radius 2 is 1.84 bits per heavy atom. The maximum Gasteiger partial charge on any atom is 0.254 e. The summed E-state index contributed by atoms with van der Waals surface area (Å²) in [6, 6.07) is 7.01. The molecule has 0 unspecified atom stereocenters. The zero-order valence-corrected chi connectivity index (χ0v) is 15.5. The van der Waals surface area contributed by atoms with Gasteiger partial charge in [-0.25, -0.2) is 4.39 Å². The molecule has 1 amide bonds. The number of carbonyl (C=O) groups is 1. The van der Waals surface area contributed by atoms with Gasteiger partial charge in [0.15, 0.2) is 0 Å². The number of halogens is 2. The molecule has 0 radical (unpaired) electrons. The van der Waals surface area contributed by atoms with E-state index >= 15 is 0 Å². The monoisotopic (exact) mass is 368 g/mol. The van der Waals surface area contributed by atoms with E-state index in [1.54, 1.807) is 6.07 Å². The first-order valence-corrected chi connectivity index (χ1v) is 8.94. The van der Waals surface area contributed by atoms with Crippen LogP contribution in [0.2, 0.25) is 0 Å². The van der Waals surface area contributed by atoms with Crippen molar-refractivity contribution >= 4 is 18.3 Å². The molecule has 3 aliphatic rings. The molecule has 1 aliphatic carbocycles. The van der Waals surface area contributed by atoms with Gasteiger partial charge in [0, 0.05) is 33.2 Å². The summed E-state index contributed by atoms with van der Waals surface area (Å²) in [5, 5.41) is 0. The van der Waals surface area contributed by atoms with Crippen LogP contribution in [-0.4, -0.2) is 60.1 Å². The minimum atomic E-state index is -0.498. The van der Waals surface area contributed by atoms with Crippen molar-refractivity contribution in [3.8, 4) is 0 Å². The maximum absolute atomic E-state index is 13.7. The number of ether oxygens (including phenoxy) is 1. The Kier molecular flexibility index (Phi) is 5.11. The number of carbonyl (C=O) groups excluding carboxylic acids is 1. The summed E-state index contributed by atoms with van der Waals surface area (Å²) in [5.74, 6) is 0.0486. The van der Waals surface area contributed by atoms with Gasteiger partial charge in [0.05, 0.1) is 5.60 Å². The number of likely N-dealkylation sites (N-methyl/N-ethyl adjacent to an activating group) is 1. The summed E-state index contributed by atoms with van der Waals surface area (Å²) in [4.78, 5) is 16.5. The number of nitrogens with zero attached hydrogens (tertiary/aromatic N) is 2. The van der Waals surface area contributed by atoms with Gasteiger partial charge in [-0.15, -0.1) is 12.4 Å². The molecule has 1 saturated carbocycles. The van der Waals surface area contributed by atoms with E-state index in [1.165, 1.54) is 6.07 Å². The largest absolute Gasteiger partial charge is 0.357 e. The van der Waals surface area contributed by atoms with E-state index in [0.29, 0.717) is 6.54 Å². The second-order valence-corrected chi connectivity index (χ2v) is 7.62. The normalized spacial score (nSPS) is 24.4. The number of likely N-dealkylation sites (tertiary alicyclic amines) is 1. The van der Waals surface area contributed by atoms with Gasteiger partial charge in [0.1, 0.15) is 11.4 Å². The van der Waals surface area contributed by atoms with Gasteiger partial charge in [0.2, 0.25) is 0 Å². The smallest absolute Gasteiger partial charge is 0.254 e. The predicted octanol–water partition coefficient (Wildman–Crippen LogP) is 2.65. The molecule has 138 valence electrons. The van der Waals surface area contributed by atoms with Gasteiger partial charge in [-0.3, -0.25) is 4.79 Å². The molecule has 6 heteroatoms. The van der Waals surface area contributed by atoms with Crippen LogP contribution < -0.4 is 0 Å². The quantitative estimate of drug-likeness (QED) is 0.822. The van der Waals surface area contributed by atoms with E-state index in [-0.39, 0.29) is 29.7 Å². The van der Waals surface area contributed by atoms with Crippen molar-refractivity contribution in [2.45, 2.75) is 43.3 Å². The highest BCUT2D eigenvalue weighted by Crippen LogP contribution is 2.49. The number of rotatable bonds is 3. The molecule has 0 atom stereocenters. The van der Waals surface area contributed by atoms with Gasteiger partial charge in [-0.2, -0.15) is 0 Å². The SMILES string of the molecule is CN1CC2(CCN(CCc3ccccc3F)CC2)OC2(CC2)C1=O.Cl. The molecule has 0 N–H and O–H groups in total. The molecule has 2 heterocycles. The van der Waals surface area contributed by atoms with Crippen LogP contribution in [0.1, 0.15) is 31.2 Å². The zero-order chi connectivity index (χ0) is 16.8. The molecule has 3 fully saturated rings. The number of piperidine rings is 1. The van der Waals surface area contributed by atoms with E-state index in [2.05, 4.69) is 4.90 Å². The highest BCUT2D eigenvalue weighted by atomic mass is 35.5. The van der Waals surface area contributed by atoms with E-state index in [1.807, 2.05) is 24.1 Å². The molecule has 0 bridgehead atoms. The van der Waals surface area contributed by atoms with Gasteiger partial charge >= 0.3 is 0 Å². The van der Waals surface area contributed by atoms with Crippen LogP contribution in [0.25, 0.3) is 0 Å². The summed E-state index contributed by atoms with van der Waals surface area (Å²) < 4.78 is 20.1. The average molecular weight is 369 g/mol. The third kappa shape index (κ3) is 3.55. The molecule has 25 heavy (non-hydrogen) atoms. The fraction of sp³-hybridized carbons (Fsp3) is 0.632. The number of morpholine rings is 1. The first-order valence-electron chi connectivity index (χ1n) is 8.94. The molecule has 1 aromatic carbocycles. The third-order valence-corrected chi connectivity index (χ3v) is 5.80. The summed E-state index contributed by atoms with van der Waals surface area (Å²) in [7, 11) is 1.90. The first-order chi connectivity index (χ1) is 11.5. The first kappa shape index (κ1) is 18.6. The highest BCUT2D eigenvalue weighted by Gasteiger charge is 2.61. The van der Waals surface area contributed by atoms with Gasteiger partial charge in [0.25, 0.3) is 5.91 Å². The Bertz CT molecular complexity index is 642. The second kappa shape index (κ2) is 6.86. The Balaban J connectivity index is 0.00000182. The second-order valence-electron chi connectivity index (χ2n) is 7.62. The predicted molar refractivity (Wildman–Crippen MR) is 96.4 cm³/mol. The molecule has 2 saturated heterocycles. The maximum atomic E-state index is 13.7. The average Bonchev–Trinajstić information content (AvgIpc) is 3.34. The standard InChI is InChI=1S/C19H25FN2O2.ClH/c1-21-14-18(24-19(7-8-19)17(21)23)9-12-22(13-10-18)11-6-15-4-2-3-5-16(15)20;/h2-5H,6-14H2,1H3;1H. The molecular formula is C19H26ClFN2O2. The van der Waals surface area contributed by atoms with Crippen molar-refractivity contribution in [1.82, 2.24) is 9.80 Å². The summed E-state index contributed by atoms with van der Waals surface area (Å²) in [6.07, 6.45) is 4.37. The van der Waals surface area contributed by atoms with E-state index in [9.17, 15) is 9.18 Å². The van der Waals surface area contributed by atoms with Crippen LogP contribution in [0.4, 0.5) is 4.39 Å². The molecular weight excluding hydrogens is 343 g/mol. The van der Waals surface area contributed by atoms with Crippen molar-refractivity contribution in [3.05, 3.63) is 35.6 Å². The fourth-order valence-electron chi connectivity index (χ4n) is 4.20. The summed E-state index contributed by atoms with van der Waals surface area (Å²) in [5.41, 5.74) is 0.115. The van der Waals surface area contributed by atoms with Crippen LogP contribution in [0, 0.1) is 5.82 Å². The van der Waals surface area contributed by atoms with Crippen molar-refractivity contribution in [3.63, 3.8) is 0 Å². The van der Waals surface area contributed by atoms with Crippen LogP contribution in [-0.2, 0) is 16.0 Å². The fourth-order valence-corrected chi connectivity index (χ4v) is 4.20. The Hall–Kier alpha value is -1.17. The highest BCUT2D eigenvalue weighted by molar-refractivity contribution is 5.88. The van der Waals surface area contributed by atoms with Crippen LogP contribution in [0.5, 0.6) is 0 Å². The van der Waals surface area contributed by atoms with Crippen molar-refractivity contribution in [2.24, 2.45) is 0 Å². The van der Waals surface area contributed by atoms with E-state index < -0.39 is 5.60 Å². The number of amides is 1. The lowest BCUT2D eigenvalue weighted by atomic mass is 9.88. The van der Waals surface area contributed by atoms with E-state index in [4.69, 9.17) is 4.74 Å². The topological polar surface area (TPSA) is 32.8 Å². The Morgan fingerprint density at radius 3 is 2.48 bits per heavy atom. The van der Waals surface area contributed by atoms with Crippen molar-refractivity contribution in [2.75, 3.05) is 33.2 Å². The Morgan fingerprint density at radius 1 is 1.16 bits per heavy atom.